The summed E-state index contributed by atoms with van der Waals surface area (Å²) in [6, 6.07) is 0. The highest BCUT2D eigenvalue weighted by molar-refractivity contribution is 5.54. The van der Waals surface area contributed by atoms with Crippen LogP contribution in [-0.4, -0.2) is 45.7 Å². The third-order valence-corrected chi connectivity index (χ3v) is 0.691. The highest BCUT2D eigenvalue weighted by atomic mass is 16.5. The molecule has 0 atom stereocenters. The van der Waals surface area contributed by atoms with Gasteiger partial charge in [-0.25, -0.2) is 0 Å². The largest absolute Gasteiger partial charge is 0.542 e. The van der Waals surface area contributed by atoms with Gasteiger partial charge >= 0.3 is 12.2 Å². The minimum atomic E-state index is -0.890. The summed E-state index contributed by atoms with van der Waals surface area (Å²) in [4.78, 5) is 4.26. The molecule has 0 saturated carbocycles. The van der Waals surface area contributed by atoms with Crippen LogP contribution in [0.25, 0.3) is 0 Å². The number of hydrogen-bond acceptors (Lipinski definition) is 0. The molecule has 58 valence electrons. The highest BCUT2D eigenvalue weighted by Crippen LogP contribution is 1.33. The van der Waals surface area contributed by atoms with Crippen LogP contribution in [0, 0.1) is 0 Å². The van der Waals surface area contributed by atoms with Gasteiger partial charge in [0, 0.05) is 0 Å². The summed E-state index contributed by atoms with van der Waals surface area (Å²) in [5, 5.41) is 32.5. The maximum Gasteiger partial charge on any atom is 0.542 e. The summed E-state index contributed by atoms with van der Waals surface area (Å²) in [5.41, 5.74) is 0. The molecule has 0 fully saturated rings. The van der Waals surface area contributed by atoms with E-state index in [9.17, 15) is 0 Å². The summed E-state index contributed by atoms with van der Waals surface area (Å²) < 4.78 is 0. The lowest BCUT2D eigenvalue weighted by Gasteiger charge is -1.78. The third-order valence-electron chi connectivity index (χ3n) is 0.691. The zero-order chi connectivity index (χ0) is 7.98. The first-order valence-corrected chi connectivity index (χ1v) is 2.60. The predicted molar refractivity (Wildman–Crippen MR) is 32.2 cm³/mol. The zero-order valence-corrected chi connectivity index (χ0v) is 5.20. The Kier molecular flexibility index (Phi) is 3.78. The summed E-state index contributed by atoms with van der Waals surface area (Å²) in [5.74, 6) is 0. The summed E-state index contributed by atoms with van der Waals surface area (Å²) in [7, 11) is 0. The van der Waals surface area contributed by atoms with Crippen molar-refractivity contribution in [3.05, 3.63) is 0 Å². The van der Waals surface area contributed by atoms with Crippen molar-refractivity contribution in [3.8, 4) is 0 Å². The standard InChI is InChI=1S/C4H8N2O4/c7-3(8)5-1-2-6-4(9)10/h1-2H2,(H2,5,7,8)(H2,6,9,10)/p+2. The van der Waals surface area contributed by atoms with Crippen molar-refractivity contribution < 1.29 is 30.4 Å². The van der Waals surface area contributed by atoms with Gasteiger partial charge in [-0.3, -0.25) is 0 Å². The molecule has 10 heavy (non-hydrogen) atoms. The Labute approximate surface area is 56.8 Å². The average molecular weight is 150 g/mol. The number of rotatable bonds is 3. The molecule has 6 nitrogen and oxygen atoms in total. The first-order chi connectivity index (χ1) is 4.63. The molecule has 0 radical (unpaired) electrons. The number of aliphatic hydroxyl groups is 4. The number of hydrogen-bond donors (Lipinski definition) is 6. The van der Waals surface area contributed by atoms with E-state index < -0.39 is 12.2 Å². The molecule has 0 aromatic rings. The summed E-state index contributed by atoms with van der Waals surface area (Å²) in [6.07, 6.45) is -1.78. The van der Waals surface area contributed by atoms with E-state index in [0.29, 0.717) is 0 Å². The van der Waals surface area contributed by atoms with Crippen LogP contribution in [0.15, 0.2) is 0 Å². The van der Waals surface area contributed by atoms with Crippen LogP contribution in [0.2, 0.25) is 0 Å². The Morgan fingerprint density at radius 3 is 1.30 bits per heavy atom. The van der Waals surface area contributed by atoms with E-state index in [1.54, 1.807) is 0 Å². The quantitative estimate of drug-likeness (QED) is 0.140. The first-order valence-electron chi connectivity index (χ1n) is 2.60. The Morgan fingerprint density at radius 1 is 0.800 bits per heavy atom. The zero-order valence-electron chi connectivity index (χ0n) is 5.20. The minimum absolute atomic E-state index is 0.187. The van der Waals surface area contributed by atoms with Gasteiger partial charge in [0.05, 0.1) is 0 Å². The minimum Gasteiger partial charge on any atom is -0.430 e. The van der Waals surface area contributed by atoms with E-state index >= 15 is 0 Å². The average Bonchev–Trinajstić information content (AvgIpc) is 1.79. The van der Waals surface area contributed by atoms with Gasteiger partial charge in [-0.2, -0.15) is 9.98 Å². The fourth-order valence-corrected chi connectivity index (χ4v) is 0.349. The SMILES string of the molecule is OC(O)=[NH+]CC[NH+]=C(O)O. The summed E-state index contributed by atoms with van der Waals surface area (Å²) >= 11 is 0. The summed E-state index contributed by atoms with van der Waals surface area (Å²) in [6.45, 7) is 0.375. The molecular formula is C4H10N2O4+2. The van der Waals surface area contributed by atoms with Crippen molar-refractivity contribution in [2.45, 2.75) is 0 Å². The van der Waals surface area contributed by atoms with Crippen molar-refractivity contribution >= 4 is 12.2 Å². The molecule has 0 spiro atoms. The Morgan fingerprint density at radius 2 is 1.10 bits per heavy atom. The van der Waals surface area contributed by atoms with E-state index in [1.807, 2.05) is 0 Å². The van der Waals surface area contributed by atoms with E-state index in [-0.39, 0.29) is 13.1 Å². The van der Waals surface area contributed by atoms with Crippen molar-refractivity contribution in [1.82, 2.24) is 0 Å². The molecule has 0 rings (SSSR count). The van der Waals surface area contributed by atoms with Crippen LogP contribution in [0.5, 0.6) is 0 Å². The number of nitrogens with one attached hydrogen (secondary N) is 2. The van der Waals surface area contributed by atoms with Crippen LogP contribution in [-0.2, 0) is 0 Å². The molecule has 0 saturated heterocycles. The lowest BCUT2D eigenvalue weighted by Crippen LogP contribution is -2.84. The predicted octanol–water partition coefficient (Wildman–Crippen LogP) is -3.91. The Hall–Kier alpha value is -1.46. The second kappa shape index (κ2) is 4.42. The normalized spacial score (nSPS) is 8.40. The van der Waals surface area contributed by atoms with E-state index in [1.165, 1.54) is 0 Å². The molecule has 6 heteroatoms. The van der Waals surface area contributed by atoms with Gasteiger partial charge in [-0.05, 0) is 0 Å². The fraction of sp³-hybridized carbons (Fsp3) is 0.500. The monoisotopic (exact) mass is 150 g/mol. The maximum atomic E-state index is 8.12. The van der Waals surface area contributed by atoms with Gasteiger partial charge in [0.2, 0.25) is 13.1 Å². The van der Waals surface area contributed by atoms with Gasteiger partial charge in [-0.1, -0.05) is 0 Å². The fourth-order valence-electron chi connectivity index (χ4n) is 0.349. The van der Waals surface area contributed by atoms with Crippen molar-refractivity contribution in [1.29, 1.82) is 0 Å². The molecule has 6 N–H and O–H groups in total. The Balaban J connectivity index is 3.39. The van der Waals surface area contributed by atoms with E-state index in [4.69, 9.17) is 20.4 Å². The second-order valence-corrected chi connectivity index (χ2v) is 1.50. The molecule has 0 aliphatic heterocycles. The molecular weight excluding hydrogens is 140 g/mol. The van der Waals surface area contributed by atoms with Gasteiger partial charge in [0.25, 0.3) is 0 Å². The van der Waals surface area contributed by atoms with Crippen LogP contribution in [0.1, 0.15) is 0 Å². The van der Waals surface area contributed by atoms with Gasteiger partial charge in [0.15, 0.2) is 0 Å². The van der Waals surface area contributed by atoms with Gasteiger partial charge in [-0.15, -0.1) is 0 Å². The van der Waals surface area contributed by atoms with Gasteiger partial charge < -0.3 is 20.4 Å². The second-order valence-electron chi connectivity index (χ2n) is 1.50. The molecule has 0 bridgehead atoms. The molecule has 0 aromatic heterocycles. The maximum absolute atomic E-state index is 8.12. The van der Waals surface area contributed by atoms with E-state index in [2.05, 4.69) is 9.98 Å². The Bertz CT molecular complexity index is 127. The lowest BCUT2D eigenvalue weighted by molar-refractivity contribution is -0.555. The topological polar surface area (TPSA) is 109 Å². The van der Waals surface area contributed by atoms with Crippen molar-refractivity contribution in [3.63, 3.8) is 0 Å². The van der Waals surface area contributed by atoms with Crippen molar-refractivity contribution in [2.24, 2.45) is 0 Å². The van der Waals surface area contributed by atoms with Crippen LogP contribution >= 0.6 is 0 Å². The van der Waals surface area contributed by atoms with Crippen molar-refractivity contribution in [2.75, 3.05) is 13.1 Å². The molecule has 0 unspecified atom stereocenters. The molecule has 0 heterocycles. The molecule has 0 aliphatic rings. The third kappa shape index (κ3) is 6.54. The number of aliphatic hydroxyl groups excluding tert-OH is 2. The van der Waals surface area contributed by atoms with Crippen LogP contribution in [0.3, 0.4) is 0 Å². The van der Waals surface area contributed by atoms with E-state index in [0.717, 1.165) is 0 Å². The van der Waals surface area contributed by atoms with Crippen LogP contribution < -0.4 is 9.98 Å². The lowest BCUT2D eigenvalue weighted by atomic mass is 10.7. The molecule has 0 aliphatic carbocycles. The van der Waals surface area contributed by atoms with Gasteiger partial charge in [0.1, 0.15) is 0 Å². The molecule has 0 aromatic carbocycles. The molecule has 0 amide bonds. The highest BCUT2D eigenvalue weighted by Gasteiger charge is 1.98. The van der Waals surface area contributed by atoms with Crippen LogP contribution in [0.4, 0.5) is 0 Å². The first kappa shape index (κ1) is 8.54. The smallest absolute Gasteiger partial charge is 0.430 e.